The van der Waals surface area contributed by atoms with Crippen molar-refractivity contribution in [2.24, 2.45) is 0 Å². The van der Waals surface area contributed by atoms with Gasteiger partial charge in [-0.3, -0.25) is 0 Å². The number of rotatable bonds is 8. The van der Waals surface area contributed by atoms with Crippen LogP contribution in [0.3, 0.4) is 0 Å². The first-order chi connectivity index (χ1) is 6.72. The number of allylic oxidation sites excluding steroid dienone is 1. The standard InChI is InChI=1S/C10H19BrO2P/c1-3-5-6-7-8-9-10(11)14(12)13-4-2/h9H,3-8H2,1-2H3/q+1/b10-9+. The van der Waals surface area contributed by atoms with Crippen molar-refractivity contribution < 1.29 is 9.09 Å². The van der Waals surface area contributed by atoms with Crippen molar-refractivity contribution in [1.29, 1.82) is 0 Å². The lowest BCUT2D eigenvalue weighted by Gasteiger charge is -1.93. The highest BCUT2D eigenvalue weighted by Gasteiger charge is 2.21. The molecule has 0 radical (unpaired) electrons. The van der Waals surface area contributed by atoms with E-state index in [1.165, 1.54) is 19.3 Å². The molecule has 0 heterocycles. The Balaban J connectivity index is 3.60. The van der Waals surface area contributed by atoms with Crippen molar-refractivity contribution in [3.05, 3.63) is 10.3 Å². The molecule has 0 aliphatic rings. The highest BCUT2D eigenvalue weighted by Crippen LogP contribution is 2.38. The van der Waals surface area contributed by atoms with E-state index in [0.717, 1.165) is 12.8 Å². The zero-order valence-corrected chi connectivity index (χ0v) is 11.4. The quantitative estimate of drug-likeness (QED) is 0.464. The Hall–Kier alpha value is 0.280. The lowest BCUT2D eigenvalue weighted by molar-refractivity contribution is 0.356. The van der Waals surface area contributed by atoms with Crippen LogP contribution in [0.4, 0.5) is 0 Å². The third-order valence-corrected chi connectivity index (χ3v) is 4.01. The first-order valence-electron chi connectivity index (χ1n) is 5.18. The van der Waals surface area contributed by atoms with Gasteiger partial charge in [-0.2, -0.15) is 0 Å². The number of hydrogen-bond donors (Lipinski definition) is 0. The summed E-state index contributed by atoms with van der Waals surface area (Å²) in [6, 6.07) is 0. The second-order valence-corrected chi connectivity index (χ2v) is 5.77. The molecule has 0 amide bonds. The van der Waals surface area contributed by atoms with E-state index in [4.69, 9.17) is 4.52 Å². The summed E-state index contributed by atoms with van der Waals surface area (Å²) < 4.78 is 16.9. The molecule has 0 aromatic heterocycles. The van der Waals surface area contributed by atoms with Gasteiger partial charge in [-0.25, -0.2) is 0 Å². The summed E-state index contributed by atoms with van der Waals surface area (Å²) in [5, 5.41) is 0. The smallest absolute Gasteiger partial charge is 0.142 e. The summed E-state index contributed by atoms with van der Waals surface area (Å²) in [6.45, 7) is 4.53. The van der Waals surface area contributed by atoms with E-state index in [0.29, 0.717) is 10.8 Å². The summed E-state index contributed by atoms with van der Waals surface area (Å²) in [5.41, 5.74) is 0. The Labute approximate surface area is 96.1 Å². The van der Waals surface area contributed by atoms with E-state index in [2.05, 4.69) is 22.9 Å². The summed E-state index contributed by atoms with van der Waals surface area (Å²) in [6.07, 6.45) is 7.89. The van der Waals surface area contributed by atoms with E-state index in [1.54, 1.807) is 0 Å². The van der Waals surface area contributed by atoms with Crippen molar-refractivity contribution in [3.8, 4) is 0 Å². The van der Waals surface area contributed by atoms with Crippen molar-refractivity contribution in [3.63, 3.8) is 0 Å². The topological polar surface area (TPSA) is 26.3 Å². The molecule has 1 unspecified atom stereocenters. The SMILES string of the molecule is CCCCCC/C=C(\Br)[P+](=O)OCC. The fraction of sp³-hybridized carbons (Fsp3) is 0.800. The van der Waals surface area contributed by atoms with E-state index >= 15 is 0 Å². The van der Waals surface area contributed by atoms with Gasteiger partial charge in [-0.1, -0.05) is 26.2 Å². The molecule has 4 heteroatoms. The second-order valence-electron chi connectivity index (χ2n) is 3.05. The Morgan fingerprint density at radius 2 is 2.07 bits per heavy atom. The van der Waals surface area contributed by atoms with Crippen LogP contribution >= 0.6 is 24.0 Å². The van der Waals surface area contributed by atoms with Crippen molar-refractivity contribution in [2.75, 3.05) is 6.61 Å². The van der Waals surface area contributed by atoms with Gasteiger partial charge < -0.3 is 0 Å². The summed E-state index contributed by atoms with van der Waals surface area (Å²) in [4.78, 5) is 0. The maximum absolute atomic E-state index is 11.3. The Morgan fingerprint density at radius 1 is 1.36 bits per heavy atom. The fourth-order valence-corrected chi connectivity index (χ4v) is 2.22. The van der Waals surface area contributed by atoms with Gasteiger partial charge in [0.1, 0.15) is 6.61 Å². The van der Waals surface area contributed by atoms with Gasteiger partial charge in [-0.15, -0.1) is 4.52 Å². The van der Waals surface area contributed by atoms with Crippen LogP contribution in [0.25, 0.3) is 0 Å². The molecule has 1 atom stereocenters. The largest absolute Gasteiger partial charge is 0.555 e. The minimum absolute atomic E-state index is 0.494. The molecule has 0 saturated heterocycles. The Kier molecular flexibility index (Phi) is 10.0. The molecular weight excluding hydrogens is 263 g/mol. The third kappa shape index (κ3) is 7.66. The monoisotopic (exact) mass is 281 g/mol. The molecule has 82 valence electrons. The molecule has 14 heavy (non-hydrogen) atoms. The minimum atomic E-state index is -1.64. The Morgan fingerprint density at radius 3 is 2.64 bits per heavy atom. The van der Waals surface area contributed by atoms with Crippen LogP contribution in [0.1, 0.15) is 46.0 Å². The Bertz CT molecular complexity index is 193. The lowest BCUT2D eigenvalue weighted by Crippen LogP contribution is -1.78. The molecule has 0 spiro atoms. The maximum atomic E-state index is 11.3. The van der Waals surface area contributed by atoms with Crippen LogP contribution in [0.5, 0.6) is 0 Å². The van der Waals surface area contributed by atoms with Crippen molar-refractivity contribution >= 4 is 24.0 Å². The maximum Gasteiger partial charge on any atom is 0.555 e. The van der Waals surface area contributed by atoms with Crippen LogP contribution < -0.4 is 0 Å². The first kappa shape index (κ1) is 14.3. The number of halogens is 1. The highest BCUT2D eigenvalue weighted by atomic mass is 79.9. The van der Waals surface area contributed by atoms with E-state index < -0.39 is 8.03 Å². The molecule has 0 N–H and O–H groups in total. The van der Waals surface area contributed by atoms with Gasteiger partial charge in [-0.05, 0) is 30.4 Å². The molecule has 0 aliphatic carbocycles. The molecule has 0 saturated carbocycles. The molecule has 0 rings (SSSR count). The van der Waals surface area contributed by atoms with Crippen LogP contribution in [0.15, 0.2) is 10.3 Å². The third-order valence-electron chi connectivity index (χ3n) is 1.79. The van der Waals surface area contributed by atoms with E-state index in [1.807, 2.05) is 13.0 Å². The molecule has 0 aromatic rings. The average molecular weight is 282 g/mol. The molecule has 0 aromatic carbocycles. The van der Waals surface area contributed by atoms with Gasteiger partial charge in [0.2, 0.25) is 0 Å². The van der Waals surface area contributed by atoms with Gasteiger partial charge in [0.15, 0.2) is 0 Å². The van der Waals surface area contributed by atoms with E-state index in [-0.39, 0.29) is 0 Å². The highest BCUT2D eigenvalue weighted by molar-refractivity contribution is 9.13. The van der Waals surface area contributed by atoms with Gasteiger partial charge in [0.05, 0.1) is 0 Å². The number of hydrogen-bond acceptors (Lipinski definition) is 2. The van der Waals surface area contributed by atoms with Gasteiger partial charge in [0.25, 0.3) is 4.22 Å². The fourth-order valence-electron chi connectivity index (χ4n) is 1.05. The zero-order chi connectivity index (χ0) is 10.8. The van der Waals surface area contributed by atoms with Gasteiger partial charge in [0, 0.05) is 15.9 Å². The molecular formula is C10H19BrO2P+. The van der Waals surface area contributed by atoms with Crippen molar-refractivity contribution in [1.82, 2.24) is 0 Å². The van der Waals surface area contributed by atoms with Crippen LogP contribution in [-0.2, 0) is 9.09 Å². The lowest BCUT2D eigenvalue weighted by atomic mass is 10.2. The van der Waals surface area contributed by atoms with Crippen LogP contribution in [-0.4, -0.2) is 6.61 Å². The summed E-state index contributed by atoms with van der Waals surface area (Å²) in [7, 11) is -1.64. The zero-order valence-electron chi connectivity index (χ0n) is 8.96. The van der Waals surface area contributed by atoms with Crippen LogP contribution in [0.2, 0.25) is 0 Å². The predicted octanol–water partition coefficient (Wildman–Crippen LogP) is 4.97. The predicted molar refractivity (Wildman–Crippen MR) is 65.0 cm³/mol. The molecule has 0 bridgehead atoms. The molecule has 2 nitrogen and oxygen atoms in total. The normalized spacial score (nSPS) is 13.1. The van der Waals surface area contributed by atoms with Crippen LogP contribution in [0, 0.1) is 0 Å². The minimum Gasteiger partial charge on any atom is -0.142 e. The first-order valence-corrected chi connectivity index (χ1v) is 7.15. The summed E-state index contributed by atoms with van der Waals surface area (Å²) >= 11 is 3.27. The molecule has 0 fully saturated rings. The number of unbranched alkanes of at least 4 members (excludes halogenated alkanes) is 4. The molecule has 0 aliphatic heterocycles. The van der Waals surface area contributed by atoms with E-state index in [9.17, 15) is 4.57 Å². The van der Waals surface area contributed by atoms with Gasteiger partial charge >= 0.3 is 8.03 Å². The average Bonchev–Trinajstić information content (AvgIpc) is 2.17. The summed E-state index contributed by atoms with van der Waals surface area (Å²) in [5.74, 6) is 0. The second kappa shape index (κ2) is 9.82. The van der Waals surface area contributed by atoms with Crippen molar-refractivity contribution in [2.45, 2.75) is 46.0 Å².